The summed E-state index contributed by atoms with van der Waals surface area (Å²) in [6, 6.07) is 0. The fourth-order valence-electron chi connectivity index (χ4n) is 2.34. The molecule has 0 bridgehead atoms. The largest absolute Gasteiger partial charge is 0.397 e. The minimum atomic E-state index is -4.23. The predicted molar refractivity (Wildman–Crippen MR) is 102 cm³/mol. The zero-order valence-electron chi connectivity index (χ0n) is 16.2. The van der Waals surface area contributed by atoms with Crippen LogP contribution in [0, 0.1) is 0 Å². The Balaban J connectivity index is 0. The number of aliphatic hydroxyl groups is 3. The first-order chi connectivity index (χ1) is 12.4. The van der Waals surface area contributed by atoms with E-state index in [9.17, 15) is 8.42 Å². The van der Waals surface area contributed by atoms with Crippen molar-refractivity contribution >= 4 is 10.4 Å². The fourth-order valence-corrected chi connectivity index (χ4v) is 2.67. The Labute approximate surface area is 159 Å². The molecule has 0 unspecified atom stereocenters. The average Bonchev–Trinajstić information content (AvgIpc) is 2.57. The highest BCUT2D eigenvalue weighted by Gasteiger charge is 2.02. The number of unbranched alkanes of at least 4 members (excludes halogenated alkanes) is 8. The third-order valence-corrected chi connectivity index (χ3v) is 4.19. The van der Waals surface area contributed by atoms with Crippen LogP contribution in [0.5, 0.6) is 0 Å². The minimum Gasteiger partial charge on any atom is -0.395 e. The summed E-state index contributed by atoms with van der Waals surface area (Å²) < 4.78 is 32.9. The second-order valence-electron chi connectivity index (χ2n) is 6.09. The molecular formula is C17H39NO7S. The topological polar surface area (TPSA) is 128 Å². The van der Waals surface area contributed by atoms with E-state index >= 15 is 0 Å². The first-order valence-corrected chi connectivity index (χ1v) is 10.9. The summed E-state index contributed by atoms with van der Waals surface area (Å²) in [5, 5.41) is 25.5. The second-order valence-corrected chi connectivity index (χ2v) is 7.18. The van der Waals surface area contributed by atoms with Gasteiger partial charge < -0.3 is 15.3 Å². The zero-order valence-corrected chi connectivity index (χ0v) is 17.0. The van der Waals surface area contributed by atoms with Gasteiger partial charge in [0.2, 0.25) is 0 Å². The molecule has 0 aromatic carbocycles. The zero-order chi connectivity index (χ0) is 20.1. The van der Waals surface area contributed by atoms with Crippen LogP contribution < -0.4 is 0 Å². The Kier molecular flexibility index (Phi) is 22.6. The van der Waals surface area contributed by atoms with Gasteiger partial charge in [-0.1, -0.05) is 58.3 Å². The number of rotatable bonds is 17. The van der Waals surface area contributed by atoms with Crippen molar-refractivity contribution in [1.29, 1.82) is 0 Å². The Morgan fingerprint density at radius 3 is 1.46 bits per heavy atom. The molecular weight excluding hydrogens is 362 g/mol. The van der Waals surface area contributed by atoms with E-state index in [0.29, 0.717) is 26.1 Å². The third kappa shape index (κ3) is 25.9. The third-order valence-electron chi connectivity index (χ3n) is 3.73. The maximum absolute atomic E-state index is 10.2. The summed E-state index contributed by atoms with van der Waals surface area (Å²) in [5.74, 6) is 0. The van der Waals surface area contributed by atoms with Crippen LogP contribution in [-0.4, -0.2) is 79.3 Å². The molecule has 0 heterocycles. The van der Waals surface area contributed by atoms with Gasteiger partial charge in [0.15, 0.2) is 0 Å². The van der Waals surface area contributed by atoms with Gasteiger partial charge in [-0.25, -0.2) is 4.18 Å². The number of aliphatic hydroxyl groups excluding tert-OH is 3. The summed E-state index contributed by atoms with van der Waals surface area (Å²) in [5.41, 5.74) is 0. The monoisotopic (exact) mass is 401 g/mol. The molecule has 0 rings (SSSR count). The molecule has 0 aliphatic heterocycles. The van der Waals surface area contributed by atoms with E-state index in [1.807, 2.05) is 0 Å². The van der Waals surface area contributed by atoms with Crippen LogP contribution in [0.15, 0.2) is 0 Å². The van der Waals surface area contributed by atoms with Crippen molar-refractivity contribution in [2.24, 2.45) is 0 Å². The van der Waals surface area contributed by atoms with E-state index in [1.54, 1.807) is 4.90 Å². The predicted octanol–water partition coefficient (Wildman–Crippen LogP) is 1.60. The van der Waals surface area contributed by atoms with Gasteiger partial charge in [-0.3, -0.25) is 9.45 Å². The van der Waals surface area contributed by atoms with E-state index in [0.717, 1.165) is 12.8 Å². The van der Waals surface area contributed by atoms with Crippen molar-refractivity contribution in [2.75, 3.05) is 46.1 Å². The van der Waals surface area contributed by atoms with Crippen molar-refractivity contribution < 1.29 is 32.5 Å². The van der Waals surface area contributed by atoms with Gasteiger partial charge in [-0.15, -0.1) is 0 Å². The second kappa shape index (κ2) is 21.0. The Morgan fingerprint density at radius 2 is 1.12 bits per heavy atom. The highest BCUT2D eigenvalue weighted by molar-refractivity contribution is 7.80. The van der Waals surface area contributed by atoms with E-state index in [4.69, 9.17) is 19.9 Å². The highest BCUT2D eigenvalue weighted by Crippen LogP contribution is 2.09. The lowest BCUT2D eigenvalue weighted by atomic mass is 10.1. The summed E-state index contributed by atoms with van der Waals surface area (Å²) >= 11 is 0. The standard InChI is InChI=1S/C11H24O4S.C6H15NO3/c1-2-3-4-5-6-7-8-9-10-11-15-16(12,13)14;8-4-1-7(2-5-9)3-6-10/h2-11H2,1H3,(H,12,13,14);8-10H,1-6H2. The molecule has 0 aliphatic carbocycles. The first-order valence-electron chi connectivity index (χ1n) is 9.58. The van der Waals surface area contributed by atoms with Crippen LogP contribution in [0.1, 0.15) is 64.7 Å². The molecule has 0 aliphatic rings. The lowest BCUT2D eigenvalue weighted by molar-refractivity contribution is 0.136. The number of hydrogen-bond acceptors (Lipinski definition) is 7. The van der Waals surface area contributed by atoms with Crippen molar-refractivity contribution in [2.45, 2.75) is 64.7 Å². The van der Waals surface area contributed by atoms with Gasteiger partial charge in [0.05, 0.1) is 26.4 Å². The molecule has 0 aromatic rings. The molecule has 0 fully saturated rings. The summed E-state index contributed by atoms with van der Waals surface area (Å²) in [6.07, 6.45) is 10.4. The van der Waals surface area contributed by atoms with E-state index < -0.39 is 10.4 Å². The molecule has 0 saturated heterocycles. The van der Waals surface area contributed by atoms with E-state index in [1.165, 1.54) is 38.5 Å². The lowest BCUT2D eigenvalue weighted by Crippen LogP contribution is -2.32. The molecule has 4 N–H and O–H groups in total. The Bertz CT molecular complexity index is 352. The van der Waals surface area contributed by atoms with Gasteiger partial charge in [0.25, 0.3) is 0 Å². The molecule has 0 aromatic heterocycles. The summed E-state index contributed by atoms with van der Waals surface area (Å²) in [7, 11) is -4.23. The molecule has 0 saturated carbocycles. The van der Waals surface area contributed by atoms with Gasteiger partial charge >= 0.3 is 10.4 Å². The molecule has 0 radical (unpaired) electrons. The van der Waals surface area contributed by atoms with Crippen LogP contribution >= 0.6 is 0 Å². The van der Waals surface area contributed by atoms with Crippen LogP contribution in [0.4, 0.5) is 0 Å². The molecule has 0 spiro atoms. The van der Waals surface area contributed by atoms with E-state index in [-0.39, 0.29) is 26.4 Å². The van der Waals surface area contributed by atoms with Gasteiger partial charge in [0, 0.05) is 19.6 Å². The summed E-state index contributed by atoms with van der Waals surface area (Å²) in [6.45, 7) is 4.05. The van der Waals surface area contributed by atoms with Crippen LogP contribution in [0.3, 0.4) is 0 Å². The molecule has 160 valence electrons. The smallest absolute Gasteiger partial charge is 0.395 e. The quantitative estimate of drug-likeness (QED) is 0.214. The van der Waals surface area contributed by atoms with Gasteiger partial charge in [0.1, 0.15) is 0 Å². The number of hydrogen-bond donors (Lipinski definition) is 4. The molecule has 0 atom stereocenters. The van der Waals surface area contributed by atoms with Crippen LogP contribution in [0.2, 0.25) is 0 Å². The first kappa shape index (κ1) is 27.9. The minimum absolute atomic E-state index is 0.0694. The number of nitrogens with zero attached hydrogens (tertiary/aromatic N) is 1. The molecule has 26 heavy (non-hydrogen) atoms. The molecule has 8 nitrogen and oxygen atoms in total. The molecule has 0 amide bonds. The lowest BCUT2D eigenvalue weighted by Gasteiger charge is -2.17. The average molecular weight is 402 g/mol. The maximum atomic E-state index is 10.2. The highest BCUT2D eigenvalue weighted by atomic mass is 32.3. The Morgan fingerprint density at radius 1 is 0.731 bits per heavy atom. The van der Waals surface area contributed by atoms with Gasteiger partial charge in [-0.2, -0.15) is 8.42 Å². The van der Waals surface area contributed by atoms with Crippen molar-refractivity contribution in [1.82, 2.24) is 4.90 Å². The fraction of sp³-hybridized carbons (Fsp3) is 1.00. The van der Waals surface area contributed by atoms with Crippen molar-refractivity contribution in [3.05, 3.63) is 0 Å². The van der Waals surface area contributed by atoms with Crippen LogP contribution in [0.25, 0.3) is 0 Å². The normalized spacial score (nSPS) is 11.5. The van der Waals surface area contributed by atoms with Gasteiger partial charge in [-0.05, 0) is 6.42 Å². The SMILES string of the molecule is CCCCCCCCCCCOS(=O)(=O)O.OCCN(CCO)CCO. The van der Waals surface area contributed by atoms with Crippen molar-refractivity contribution in [3.8, 4) is 0 Å². The van der Waals surface area contributed by atoms with Crippen LogP contribution in [-0.2, 0) is 14.6 Å². The molecule has 9 heteroatoms. The Hall–Kier alpha value is -0.290. The summed E-state index contributed by atoms with van der Waals surface area (Å²) in [4.78, 5) is 1.79. The maximum Gasteiger partial charge on any atom is 0.397 e. The van der Waals surface area contributed by atoms with Crippen molar-refractivity contribution in [3.63, 3.8) is 0 Å². The van der Waals surface area contributed by atoms with E-state index in [2.05, 4.69) is 11.1 Å².